The van der Waals surface area contributed by atoms with Crippen molar-refractivity contribution in [3.8, 4) is 0 Å². The number of thioether (sulfide) groups is 2. The van der Waals surface area contributed by atoms with E-state index in [0.717, 1.165) is 11.5 Å². The summed E-state index contributed by atoms with van der Waals surface area (Å²) in [7, 11) is -3.81. The van der Waals surface area contributed by atoms with Crippen LogP contribution in [0.3, 0.4) is 0 Å². The maximum absolute atomic E-state index is 12.9. The van der Waals surface area contributed by atoms with Gasteiger partial charge in [0.05, 0.1) is 10.8 Å². The number of sulfonamides is 1. The molecule has 1 atom stereocenters. The first kappa shape index (κ1) is 18.6. The van der Waals surface area contributed by atoms with Crippen LogP contribution in [-0.2, 0) is 14.8 Å². The summed E-state index contributed by atoms with van der Waals surface area (Å²) in [5.74, 6) is 1.74. The zero-order valence-electron chi connectivity index (χ0n) is 13.5. The van der Waals surface area contributed by atoms with Crippen LogP contribution >= 0.6 is 23.5 Å². The topological polar surface area (TPSA) is 101 Å². The summed E-state index contributed by atoms with van der Waals surface area (Å²) in [6.45, 7) is 1.32. The van der Waals surface area contributed by atoms with Gasteiger partial charge in [0.2, 0.25) is 21.8 Å². The average Bonchev–Trinajstić information content (AvgIpc) is 3.12. The average molecular weight is 402 g/mol. The molecule has 0 spiro atoms. The van der Waals surface area contributed by atoms with Crippen LogP contribution in [0.5, 0.6) is 0 Å². The van der Waals surface area contributed by atoms with Gasteiger partial charge in [0, 0.05) is 35.9 Å². The van der Waals surface area contributed by atoms with Crippen molar-refractivity contribution in [1.29, 1.82) is 0 Å². The molecule has 25 heavy (non-hydrogen) atoms. The first-order chi connectivity index (χ1) is 11.9. The summed E-state index contributed by atoms with van der Waals surface area (Å²) >= 11 is 3.23. The fourth-order valence-electron chi connectivity index (χ4n) is 2.78. The number of carbonyl (C=O) groups is 2. The van der Waals surface area contributed by atoms with Gasteiger partial charge < -0.3 is 10.6 Å². The van der Waals surface area contributed by atoms with Crippen LogP contribution in [0.1, 0.15) is 10.4 Å². The molecule has 2 aliphatic heterocycles. The lowest BCUT2D eigenvalue weighted by Crippen LogP contribution is -2.51. The van der Waals surface area contributed by atoms with Crippen LogP contribution in [0.25, 0.3) is 0 Å². The van der Waals surface area contributed by atoms with Crippen LogP contribution in [0.4, 0.5) is 0 Å². The molecule has 0 saturated carbocycles. The van der Waals surface area contributed by atoms with Crippen molar-refractivity contribution in [2.75, 3.05) is 36.2 Å². The third kappa shape index (κ3) is 3.81. The highest BCUT2D eigenvalue weighted by atomic mass is 32.2. The first-order valence-corrected chi connectivity index (χ1v) is 11.5. The van der Waals surface area contributed by atoms with Gasteiger partial charge in [-0.1, -0.05) is 0 Å². The molecule has 10 heteroatoms. The van der Waals surface area contributed by atoms with E-state index in [1.54, 1.807) is 16.7 Å². The molecule has 1 unspecified atom stereocenters. The third-order valence-corrected chi connectivity index (χ3v) is 8.18. The number of primary amides is 1. The fraction of sp³-hybridized carbons (Fsp3) is 0.467. The molecule has 2 amide bonds. The molecule has 7 nitrogen and oxygen atoms in total. The van der Waals surface area contributed by atoms with Crippen molar-refractivity contribution in [1.82, 2.24) is 9.21 Å². The Morgan fingerprint density at radius 2 is 1.72 bits per heavy atom. The number of hydrogen-bond donors (Lipinski definition) is 1. The van der Waals surface area contributed by atoms with Crippen LogP contribution < -0.4 is 5.73 Å². The molecule has 2 saturated heterocycles. The third-order valence-electron chi connectivity index (χ3n) is 4.20. The molecule has 0 radical (unpaired) electrons. The molecule has 2 aliphatic rings. The monoisotopic (exact) mass is 401 g/mol. The van der Waals surface area contributed by atoms with Gasteiger partial charge >= 0.3 is 0 Å². The molecular weight excluding hydrogens is 382 g/mol. The van der Waals surface area contributed by atoms with E-state index >= 15 is 0 Å². The van der Waals surface area contributed by atoms with Gasteiger partial charge in [-0.3, -0.25) is 9.59 Å². The normalized spacial score (nSPS) is 22.1. The SMILES string of the molecule is NC(=O)c1ccc(S(=O)(=O)N2CSCC2C(=O)N2CCSCC2)cc1. The minimum absolute atomic E-state index is 0.0620. The fourth-order valence-corrected chi connectivity index (χ4v) is 6.82. The summed E-state index contributed by atoms with van der Waals surface area (Å²) in [5.41, 5.74) is 5.43. The largest absolute Gasteiger partial charge is 0.366 e. The molecular formula is C15H19N3O4S3. The lowest BCUT2D eigenvalue weighted by atomic mass is 10.2. The Morgan fingerprint density at radius 3 is 2.32 bits per heavy atom. The maximum atomic E-state index is 12.9. The van der Waals surface area contributed by atoms with E-state index in [-0.39, 0.29) is 22.2 Å². The van der Waals surface area contributed by atoms with E-state index in [4.69, 9.17) is 5.73 Å². The quantitative estimate of drug-likeness (QED) is 0.785. The second kappa shape index (κ2) is 7.56. The van der Waals surface area contributed by atoms with Gasteiger partial charge in [-0.2, -0.15) is 16.1 Å². The zero-order chi connectivity index (χ0) is 18.0. The van der Waals surface area contributed by atoms with Gasteiger partial charge in [-0.25, -0.2) is 8.42 Å². The van der Waals surface area contributed by atoms with Crippen molar-refractivity contribution in [3.63, 3.8) is 0 Å². The lowest BCUT2D eigenvalue weighted by Gasteiger charge is -2.31. The second-order valence-corrected chi connectivity index (χ2v) is 9.85. The molecule has 2 fully saturated rings. The predicted molar refractivity (Wildman–Crippen MR) is 99.0 cm³/mol. The number of nitrogens with zero attached hydrogens (tertiary/aromatic N) is 2. The van der Waals surface area contributed by atoms with Crippen molar-refractivity contribution in [2.24, 2.45) is 5.73 Å². The first-order valence-electron chi connectivity index (χ1n) is 7.77. The summed E-state index contributed by atoms with van der Waals surface area (Å²) < 4.78 is 27.1. The summed E-state index contributed by atoms with van der Waals surface area (Å²) in [6, 6.07) is 4.82. The van der Waals surface area contributed by atoms with E-state index in [1.807, 2.05) is 0 Å². The van der Waals surface area contributed by atoms with E-state index in [1.165, 1.54) is 40.3 Å². The van der Waals surface area contributed by atoms with Gasteiger partial charge in [-0.15, -0.1) is 11.8 Å². The highest BCUT2D eigenvalue weighted by Crippen LogP contribution is 2.30. The number of rotatable bonds is 4. The highest BCUT2D eigenvalue weighted by Gasteiger charge is 2.41. The van der Waals surface area contributed by atoms with Crippen molar-refractivity contribution in [2.45, 2.75) is 10.9 Å². The minimum atomic E-state index is -3.81. The lowest BCUT2D eigenvalue weighted by molar-refractivity contribution is -0.133. The van der Waals surface area contributed by atoms with Crippen molar-refractivity contribution < 1.29 is 18.0 Å². The Kier molecular flexibility index (Phi) is 5.62. The number of benzene rings is 1. The van der Waals surface area contributed by atoms with E-state index in [9.17, 15) is 18.0 Å². The summed E-state index contributed by atoms with van der Waals surface area (Å²) in [4.78, 5) is 25.7. The standard InChI is InChI=1S/C15H19N3O4S3/c16-14(19)11-1-3-12(4-2-11)25(21,22)18-10-24-9-13(18)15(20)17-5-7-23-8-6-17/h1-4,13H,5-10H2,(H2,16,19). The van der Waals surface area contributed by atoms with Crippen LogP contribution in [-0.4, -0.2) is 71.7 Å². The van der Waals surface area contributed by atoms with Gasteiger partial charge in [0.15, 0.2) is 0 Å². The predicted octanol–water partition coefficient (Wildman–Crippen LogP) is 0.424. The van der Waals surface area contributed by atoms with Crippen LogP contribution in [0.2, 0.25) is 0 Å². The maximum Gasteiger partial charge on any atom is 0.248 e. The van der Waals surface area contributed by atoms with Crippen molar-refractivity contribution in [3.05, 3.63) is 29.8 Å². The Morgan fingerprint density at radius 1 is 1.08 bits per heavy atom. The zero-order valence-corrected chi connectivity index (χ0v) is 15.9. The van der Waals surface area contributed by atoms with E-state index in [0.29, 0.717) is 18.8 Å². The van der Waals surface area contributed by atoms with Crippen molar-refractivity contribution >= 4 is 45.4 Å². The second-order valence-electron chi connectivity index (χ2n) is 5.73. The summed E-state index contributed by atoms with van der Waals surface area (Å²) in [5, 5.41) is 0. The molecule has 3 rings (SSSR count). The Bertz CT molecular complexity index is 761. The number of carbonyl (C=O) groups excluding carboxylic acids is 2. The number of amides is 2. The Hall–Kier alpha value is -1.23. The summed E-state index contributed by atoms with van der Waals surface area (Å²) in [6.07, 6.45) is 0. The van der Waals surface area contributed by atoms with Crippen LogP contribution in [0, 0.1) is 0 Å². The molecule has 0 aromatic heterocycles. The molecule has 2 N–H and O–H groups in total. The molecule has 1 aromatic carbocycles. The van der Waals surface area contributed by atoms with E-state index in [2.05, 4.69) is 0 Å². The molecule has 1 aromatic rings. The smallest absolute Gasteiger partial charge is 0.248 e. The van der Waals surface area contributed by atoms with Gasteiger partial charge in [0.1, 0.15) is 6.04 Å². The van der Waals surface area contributed by atoms with E-state index < -0.39 is 22.0 Å². The minimum Gasteiger partial charge on any atom is -0.366 e. The van der Waals surface area contributed by atoms with Gasteiger partial charge in [0.25, 0.3) is 0 Å². The highest BCUT2D eigenvalue weighted by molar-refractivity contribution is 8.00. The number of hydrogen-bond acceptors (Lipinski definition) is 6. The molecule has 0 bridgehead atoms. The van der Waals surface area contributed by atoms with Gasteiger partial charge in [-0.05, 0) is 24.3 Å². The molecule has 136 valence electrons. The van der Waals surface area contributed by atoms with Crippen LogP contribution in [0.15, 0.2) is 29.2 Å². The Balaban J connectivity index is 1.82. The molecule has 0 aliphatic carbocycles. The number of nitrogens with two attached hydrogens (primary N) is 1. The molecule has 2 heterocycles. The Labute approximate surface area is 155 Å².